The van der Waals surface area contributed by atoms with Gasteiger partial charge in [-0.3, -0.25) is 0 Å². The highest BCUT2D eigenvalue weighted by atomic mass is 32.1. The fraction of sp³-hybridized carbons (Fsp3) is 0.111. The molecule has 0 aromatic carbocycles. The Hall–Kier alpha value is -1.62. The van der Waals surface area contributed by atoms with Crippen LogP contribution in [-0.4, -0.2) is 20.5 Å². The summed E-state index contributed by atoms with van der Waals surface area (Å²) in [5, 5.41) is 14.2. The molecule has 5 heteroatoms. The van der Waals surface area contributed by atoms with Gasteiger partial charge in [-0.2, -0.15) is 0 Å². The summed E-state index contributed by atoms with van der Waals surface area (Å²) in [6, 6.07) is 3.83. The predicted octanol–water partition coefficient (Wildman–Crippen LogP) is 1.71. The van der Waals surface area contributed by atoms with E-state index in [0.29, 0.717) is 5.71 Å². The van der Waals surface area contributed by atoms with Gasteiger partial charge in [0, 0.05) is 7.05 Å². The molecule has 0 saturated heterocycles. The zero-order valence-electron chi connectivity index (χ0n) is 7.58. The largest absolute Gasteiger partial charge is 0.410 e. The van der Waals surface area contributed by atoms with Crippen LogP contribution < -0.4 is 0 Å². The quantitative estimate of drug-likeness (QED) is 0.463. The van der Waals surface area contributed by atoms with E-state index >= 15 is 0 Å². The van der Waals surface area contributed by atoms with Crippen LogP contribution in [0.4, 0.5) is 0 Å². The molecule has 0 atom stereocenters. The fourth-order valence-corrected chi connectivity index (χ4v) is 1.94. The number of aryl methyl sites for hydroxylation is 1. The first-order valence-electron chi connectivity index (χ1n) is 4.05. The van der Waals surface area contributed by atoms with Crippen LogP contribution >= 0.6 is 11.3 Å². The average Bonchev–Trinajstić information content (AvgIpc) is 2.80. The van der Waals surface area contributed by atoms with E-state index < -0.39 is 0 Å². The maximum Gasteiger partial charge on any atom is 0.145 e. The van der Waals surface area contributed by atoms with Crippen LogP contribution in [0.2, 0.25) is 0 Å². The molecule has 2 aromatic heterocycles. The van der Waals surface area contributed by atoms with Crippen LogP contribution in [0.15, 0.2) is 35.2 Å². The van der Waals surface area contributed by atoms with Crippen molar-refractivity contribution in [3.63, 3.8) is 0 Å². The molecule has 0 aliphatic rings. The molecule has 1 N–H and O–H groups in total. The lowest BCUT2D eigenvalue weighted by atomic mass is 10.2. The van der Waals surface area contributed by atoms with Crippen molar-refractivity contribution in [2.45, 2.75) is 0 Å². The van der Waals surface area contributed by atoms with Gasteiger partial charge in [0.25, 0.3) is 0 Å². The number of hydrogen-bond donors (Lipinski definition) is 1. The van der Waals surface area contributed by atoms with E-state index in [2.05, 4.69) is 10.1 Å². The first-order chi connectivity index (χ1) is 6.83. The molecular weight excluding hydrogens is 198 g/mol. The highest BCUT2D eigenvalue weighted by Gasteiger charge is 2.11. The molecule has 0 bridgehead atoms. The molecule has 0 radical (unpaired) electrons. The van der Waals surface area contributed by atoms with Gasteiger partial charge in [0.1, 0.15) is 5.71 Å². The summed E-state index contributed by atoms with van der Waals surface area (Å²) < 4.78 is 1.81. The fourth-order valence-electron chi connectivity index (χ4n) is 1.23. The molecule has 0 aliphatic heterocycles. The van der Waals surface area contributed by atoms with Crippen molar-refractivity contribution in [3.8, 4) is 0 Å². The van der Waals surface area contributed by atoms with Crippen LogP contribution in [0.1, 0.15) is 10.6 Å². The molecule has 0 saturated carbocycles. The third kappa shape index (κ3) is 1.42. The smallest absolute Gasteiger partial charge is 0.145 e. The van der Waals surface area contributed by atoms with E-state index in [1.165, 1.54) is 11.3 Å². The minimum Gasteiger partial charge on any atom is -0.410 e. The van der Waals surface area contributed by atoms with Crippen LogP contribution in [0.25, 0.3) is 0 Å². The minimum absolute atomic E-state index is 0.556. The van der Waals surface area contributed by atoms with Gasteiger partial charge in [-0.25, -0.2) is 4.98 Å². The molecule has 2 rings (SSSR count). The molecule has 0 spiro atoms. The van der Waals surface area contributed by atoms with E-state index in [9.17, 15) is 0 Å². The number of nitrogens with zero attached hydrogens (tertiary/aromatic N) is 3. The lowest BCUT2D eigenvalue weighted by Crippen LogP contribution is -2.06. The molecule has 14 heavy (non-hydrogen) atoms. The van der Waals surface area contributed by atoms with Gasteiger partial charge in [-0.05, 0) is 11.4 Å². The second kappa shape index (κ2) is 3.63. The van der Waals surface area contributed by atoms with E-state index in [1.807, 2.05) is 29.1 Å². The maximum atomic E-state index is 8.95. The lowest BCUT2D eigenvalue weighted by Gasteiger charge is -2.01. The van der Waals surface area contributed by atoms with Crippen LogP contribution in [-0.2, 0) is 7.05 Å². The number of imidazole rings is 1. The Bertz CT molecular complexity index is 444. The Morgan fingerprint density at radius 2 is 2.50 bits per heavy atom. The predicted molar refractivity (Wildman–Crippen MR) is 55.0 cm³/mol. The number of rotatable bonds is 2. The minimum atomic E-state index is 0.556. The third-order valence-electron chi connectivity index (χ3n) is 1.91. The van der Waals surface area contributed by atoms with Crippen molar-refractivity contribution in [1.29, 1.82) is 0 Å². The standard InChI is InChI=1S/C9H9N3OS/c1-12-6-10-5-7(12)9(11-13)8-3-2-4-14-8/h2-6,13H,1H3/b11-9-. The Labute approximate surface area is 85.1 Å². The van der Waals surface area contributed by atoms with Gasteiger partial charge in [-0.1, -0.05) is 11.2 Å². The molecule has 2 aromatic rings. The Morgan fingerprint density at radius 1 is 1.64 bits per heavy atom. The molecule has 72 valence electrons. The van der Waals surface area contributed by atoms with Gasteiger partial charge >= 0.3 is 0 Å². The summed E-state index contributed by atoms with van der Waals surface area (Å²) in [6.07, 6.45) is 3.35. The first-order valence-corrected chi connectivity index (χ1v) is 4.93. The average molecular weight is 207 g/mol. The Kier molecular flexibility index (Phi) is 2.32. The molecule has 2 heterocycles. The van der Waals surface area contributed by atoms with Crippen molar-refractivity contribution in [1.82, 2.24) is 9.55 Å². The van der Waals surface area contributed by atoms with Crippen molar-refractivity contribution in [3.05, 3.63) is 40.6 Å². The second-order valence-corrected chi connectivity index (χ2v) is 3.76. The van der Waals surface area contributed by atoms with Crippen LogP contribution in [0.3, 0.4) is 0 Å². The number of aromatic nitrogens is 2. The zero-order chi connectivity index (χ0) is 9.97. The molecule has 4 nitrogen and oxygen atoms in total. The molecule has 0 fully saturated rings. The molecular formula is C9H9N3OS. The van der Waals surface area contributed by atoms with E-state index in [-0.39, 0.29) is 0 Å². The molecule has 0 amide bonds. The summed E-state index contributed by atoms with van der Waals surface area (Å²) in [7, 11) is 1.86. The van der Waals surface area contributed by atoms with Crippen LogP contribution in [0, 0.1) is 0 Å². The van der Waals surface area contributed by atoms with Crippen molar-refractivity contribution in [2.24, 2.45) is 12.2 Å². The van der Waals surface area contributed by atoms with Crippen molar-refractivity contribution >= 4 is 17.0 Å². The van der Waals surface area contributed by atoms with Crippen LogP contribution in [0.5, 0.6) is 0 Å². The van der Waals surface area contributed by atoms with Gasteiger partial charge in [0.05, 0.1) is 23.1 Å². The Balaban J connectivity index is 2.47. The summed E-state index contributed by atoms with van der Waals surface area (Å²) >= 11 is 1.53. The SMILES string of the molecule is Cn1cncc1/C(=N/O)c1cccs1. The Morgan fingerprint density at radius 3 is 3.00 bits per heavy atom. The molecule has 0 aliphatic carbocycles. The van der Waals surface area contributed by atoms with E-state index in [1.54, 1.807) is 12.5 Å². The van der Waals surface area contributed by atoms with Crippen molar-refractivity contribution < 1.29 is 5.21 Å². The van der Waals surface area contributed by atoms with E-state index in [4.69, 9.17) is 5.21 Å². The first kappa shape index (κ1) is 8.96. The second-order valence-electron chi connectivity index (χ2n) is 2.82. The number of hydrogen-bond acceptors (Lipinski definition) is 4. The monoisotopic (exact) mass is 207 g/mol. The summed E-state index contributed by atoms with van der Waals surface area (Å²) in [6.45, 7) is 0. The van der Waals surface area contributed by atoms with Gasteiger partial charge < -0.3 is 9.77 Å². The summed E-state index contributed by atoms with van der Waals surface area (Å²) in [5.74, 6) is 0. The zero-order valence-corrected chi connectivity index (χ0v) is 8.40. The maximum absolute atomic E-state index is 8.95. The van der Waals surface area contributed by atoms with Crippen molar-refractivity contribution in [2.75, 3.05) is 0 Å². The van der Waals surface area contributed by atoms with Gasteiger partial charge in [0.2, 0.25) is 0 Å². The van der Waals surface area contributed by atoms with Gasteiger partial charge in [0.15, 0.2) is 0 Å². The highest BCUT2D eigenvalue weighted by molar-refractivity contribution is 7.12. The summed E-state index contributed by atoms with van der Waals surface area (Å²) in [4.78, 5) is 4.90. The number of oxime groups is 1. The lowest BCUT2D eigenvalue weighted by molar-refractivity contribution is 0.319. The normalized spacial score (nSPS) is 11.9. The van der Waals surface area contributed by atoms with Gasteiger partial charge in [-0.15, -0.1) is 11.3 Å². The highest BCUT2D eigenvalue weighted by Crippen LogP contribution is 2.15. The third-order valence-corrected chi connectivity index (χ3v) is 2.79. The summed E-state index contributed by atoms with van der Waals surface area (Å²) in [5.41, 5.74) is 1.36. The van der Waals surface area contributed by atoms with E-state index in [0.717, 1.165) is 10.6 Å². The molecule has 0 unspecified atom stereocenters. The number of thiophene rings is 1. The topological polar surface area (TPSA) is 50.4 Å².